The van der Waals surface area contributed by atoms with Crippen molar-refractivity contribution in [1.29, 1.82) is 0 Å². The number of rotatable bonds is 5. The molecule has 12 rings (SSSR count). The van der Waals surface area contributed by atoms with E-state index in [1.807, 2.05) is 36.2 Å². The number of hydrogen-bond acceptors (Lipinski definition) is 6. The number of para-hydroxylation sites is 5. The standard InChI is InChI=1S/C55H42N5OS.Pt/c1-54(2,3)35-27-28-56-52(29-35)59-44-19-8-6-17-40(44)41-26-25-39(33-49(41)59)61-38-16-14-15-36(30-38)57-34-58(47-22-11-10-21-46(47)57)37-31-43-53-51(32-37)62-50-24-13-12-23-48(50)60(53)45-20-9-7-18-42(45)55(43,4)5;/h6-29,31-32,34H,1-5H3;/q-3;. The minimum Gasteiger partial charge on any atom is -0.509 e. The van der Waals surface area contributed by atoms with Gasteiger partial charge in [-0.15, -0.1) is 48.1 Å². The molecule has 7 aromatic carbocycles. The molecular weight excluding hydrogens is 974 g/mol. The first-order valence-corrected chi connectivity index (χ1v) is 21.9. The van der Waals surface area contributed by atoms with Crippen molar-refractivity contribution in [2.24, 2.45) is 0 Å². The first-order chi connectivity index (χ1) is 30.1. The quantitative estimate of drug-likeness (QED) is 0.160. The van der Waals surface area contributed by atoms with Crippen LogP contribution >= 0.6 is 11.8 Å². The zero-order chi connectivity index (χ0) is 41.9. The minimum absolute atomic E-state index is 0. The Morgan fingerprint density at radius 2 is 1.35 bits per heavy atom. The van der Waals surface area contributed by atoms with Gasteiger partial charge in [-0.1, -0.05) is 113 Å². The van der Waals surface area contributed by atoms with Gasteiger partial charge in [0.15, 0.2) is 0 Å². The Morgan fingerprint density at radius 3 is 2.17 bits per heavy atom. The molecule has 0 saturated carbocycles. The van der Waals surface area contributed by atoms with Crippen molar-refractivity contribution in [3.8, 4) is 17.3 Å². The third-order valence-electron chi connectivity index (χ3n) is 12.6. The fourth-order valence-corrected chi connectivity index (χ4v) is 10.6. The summed E-state index contributed by atoms with van der Waals surface area (Å²) in [7, 11) is 0. The molecule has 0 spiro atoms. The van der Waals surface area contributed by atoms with Crippen LogP contribution in [0.3, 0.4) is 0 Å². The van der Waals surface area contributed by atoms with Gasteiger partial charge in [0.2, 0.25) is 0 Å². The average Bonchev–Trinajstić information content (AvgIpc) is 3.84. The van der Waals surface area contributed by atoms with Gasteiger partial charge in [-0.3, -0.25) is 0 Å². The first kappa shape index (κ1) is 39.6. The average molecular weight is 1020 g/mol. The molecule has 0 bridgehead atoms. The summed E-state index contributed by atoms with van der Waals surface area (Å²) in [5.41, 5.74) is 13.5. The van der Waals surface area contributed by atoms with Crippen LogP contribution in [-0.4, -0.2) is 9.55 Å². The predicted molar refractivity (Wildman–Crippen MR) is 254 cm³/mol. The van der Waals surface area contributed by atoms with Crippen LogP contribution < -0.4 is 19.4 Å². The molecule has 3 aliphatic rings. The zero-order valence-corrected chi connectivity index (χ0v) is 38.5. The topological polar surface area (TPSA) is 36.8 Å². The summed E-state index contributed by atoms with van der Waals surface area (Å²) >= 11 is 1.86. The van der Waals surface area contributed by atoms with E-state index in [0.717, 1.165) is 50.4 Å². The molecule has 5 heterocycles. The van der Waals surface area contributed by atoms with Crippen molar-refractivity contribution < 1.29 is 25.8 Å². The summed E-state index contributed by atoms with van der Waals surface area (Å²) in [5, 5.41) is 2.24. The number of hydrogen-bond donors (Lipinski definition) is 0. The van der Waals surface area contributed by atoms with Crippen LogP contribution in [0.15, 0.2) is 168 Å². The van der Waals surface area contributed by atoms with Gasteiger partial charge in [-0.2, -0.15) is 12.1 Å². The smallest absolute Gasteiger partial charge is 0.135 e. The molecule has 0 saturated heterocycles. The van der Waals surface area contributed by atoms with Crippen molar-refractivity contribution in [2.75, 3.05) is 14.7 Å². The Labute approximate surface area is 387 Å². The first-order valence-electron chi connectivity index (χ1n) is 21.1. The van der Waals surface area contributed by atoms with Crippen molar-refractivity contribution in [3.05, 3.63) is 193 Å². The summed E-state index contributed by atoms with van der Waals surface area (Å²) in [5.74, 6) is 2.07. The molecule has 3 aliphatic heterocycles. The van der Waals surface area contributed by atoms with Gasteiger partial charge in [0.25, 0.3) is 0 Å². The van der Waals surface area contributed by atoms with Crippen LogP contribution in [0.4, 0.5) is 39.8 Å². The second-order valence-corrected chi connectivity index (χ2v) is 18.9. The Hall–Kier alpha value is -6.27. The summed E-state index contributed by atoms with van der Waals surface area (Å²) in [6.07, 6.45) is 1.90. The molecule has 0 atom stereocenters. The van der Waals surface area contributed by atoms with Crippen LogP contribution in [0.25, 0.3) is 27.6 Å². The maximum absolute atomic E-state index is 6.63. The number of benzene rings is 7. The minimum atomic E-state index is -0.222. The second kappa shape index (κ2) is 14.7. The van der Waals surface area contributed by atoms with E-state index in [9.17, 15) is 0 Å². The number of aromatic nitrogens is 2. The zero-order valence-electron chi connectivity index (χ0n) is 35.5. The summed E-state index contributed by atoms with van der Waals surface area (Å²) < 4.78 is 8.83. The van der Waals surface area contributed by atoms with Crippen LogP contribution in [0, 0.1) is 18.8 Å². The Kier molecular flexibility index (Phi) is 9.20. The van der Waals surface area contributed by atoms with Gasteiger partial charge < -0.3 is 24.0 Å². The molecular formula is C55H42N5OPtS-3. The predicted octanol–water partition coefficient (Wildman–Crippen LogP) is 14.8. The molecule has 63 heavy (non-hydrogen) atoms. The molecule has 0 unspecified atom stereocenters. The fourth-order valence-electron chi connectivity index (χ4n) is 9.52. The van der Waals surface area contributed by atoms with Gasteiger partial charge in [0.05, 0.1) is 17.1 Å². The molecule has 6 nitrogen and oxygen atoms in total. The Balaban J connectivity index is 0.00000444. The van der Waals surface area contributed by atoms with Gasteiger partial charge in [0.1, 0.15) is 5.82 Å². The van der Waals surface area contributed by atoms with E-state index in [2.05, 4.69) is 206 Å². The van der Waals surface area contributed by atoms with Crippen molar-refractivity contribution in [2.45, 2.75) is 55.2 Å². The third kappa shape index (κ3) is 6.23. The molecule has 0 aliphatic carbocycles. The van der Waals surface area contributed by atoms with Crippen molar-refractivity contribution in [3.63, 3.8) is 0 Å². The monoisotopic (exact) mass is 1020 g/mol. The SMILES string of the molecule is CC(C)(C)c1ccnc(-n2c3[c-]c(Oc4[c-]c(N5[CH-]N(c6cc7c8c(c6)C(C)(C)c6ccccc6N8c6ccccc6S7)c6ccccc65)ccc4)ccc3c3ccccc32)c1.[Pt]. The number of anilines is 7. The van der Waals surface area contributed by atoms with Crippen LogP contribution in [0.2, 0.25) is 0 Å². The van der Waals surface area contributed by atoms with E-state index in [1.165, 1.54) is 43.5 Å². The molecule has 0 fully saturated rings. The number of ether oxygens (including phenoxy) is 1. The maximum atomic E-state index is 6.63. The summed E-state index contributed by atoms with van der Waals surface area (Å²) in [6.45, 7) is 13.6. The molecule has 8 heteroatoms. The Bertz CT molecular complexity index is 3290. The molecule has 9 aromatic rings. The van der Waals surface area contributed by atoms with Gasteiger partial charge in [0, 0.05) is 76.5 Å². The van der Waals surface area contributed by atoms with Crippen molar-refractivity contribution in [1.82, 2.24) is 9.55 Å². The summed E-state index contributed by atoms with van der Waals surface area (Å²) in [4.78, 5) is 14.4. The van der Waals surface area contributed by atoms with Gasteiger partial charge in [-0.25, -0.2) is 4.98 Å². The van der Waals surface area contributed by atoms with E-state index in [-0.39, 0.29) is 31.9 Å². The van der Waals surface area contributed by atoms with Crippen LogP contribution in [-0.2, 0) is 31.9 Å². The van der Waals surface area contributed by atoms with Gasteiger partial charge >= 0.3 is 0 Å². The van der Waals surface area contributed by atoms with E-state index < -0.39 is 0 Å². The third-order valence-corrected chi connectivity index (χ3v) is 13.7. The number of fused-ring (bicyclic) bond motifs is 8. The van der Waals surface area contributed by atoms with E-state index in [1.54, 1.807) is 0 Å². The molecule has 0 amide bonds. The summed E-state index contributed by atoms with van der Waals surface area (Å²) in [6, 6.07) is 61.2. The van der Waals surface area contributed by atoms with Crippen molar-refractivity contribution >= 4 is 73.4 Å². The maximum Gasteiger partial charge on any atom is 0.135 e. The molecule has 0 radical (unpaired) electrons. The number of pyridine rings is 1. The number of nitrogens with zero attached hydrogens (tertiary/aromatic N) is 5. The molecule has 0 N–H and O–H groups in total. The van der Waals surface area contributed by atoms with Crippen LogP contribution in [0.1, 0.15) is 51.3 Å². The fraction of sp³-hybridized carbons (Fsp3) is 0.127. The van der Waals surface area contributed by atoms with E-state index in [0.29, 0.717) is 11.5 Å². The largest absolute Gasteiger partial charge is 0.509 e. The van der Waals surface area contributed by atoms with Gasteiger partial charge in [-0.05, 0) is 88.2 Å². The van der Waals surface area contributed by atoms with E-state index in [4.69, 9.17) is 9.72 Å². The van der Waals surface area contributed by atoms with Crippen LogP contribution in [0.5, 0.6) is 11.5 Å². The Morgan fingerprint density at radius 1 is 0.635 bits per heavy atom. The second-order valence-electron chi connectivity index (χ2n) is 17.8. The normalized spacial score (nSPS) is 14.5. The molecule has 2 aromatic heterocycles. The van der Waals surface area contributed by atoms with E-state index >= 15 is 0 Å². The molecule has 312 valence electrons.